The number of hydrogen-bond donors (Lipinski definition) is 1. The minimum Gasteiger partial charge on any atom is -0.497 e. The molecule has 1 heterocycles. The summed E-state index contributed by atoms with van der Waals surface area (Å²) in [7, 11) is 5.75. The van der Waals surface area contributed by atoms with Crippen LogP contribution in [0, 0.1) is 0 Å². The largest absolute Gasteiger partial charge is 0.497 e. The number of ether oxygens (including phenoxy) is 1. The van der Waals surface area contributed by atoms with Crippen LogP contribution < -0.4 is 9.64 Å². The number of benzene rings is 3. The molecule has 0 radical (unpaired) electrons. The number of nitrogens with zero attached hydrogens (tertiary/aromatic N) is 1. The highest BCUT2D eigenvalue weighted by atomic mass is 35.5. The monoisotopic (exact) mass is 424 g/mol. The highest BCUT2D eigenvalue weighted by Gasteiger charge is 2.23. The van der Waals surface area contributed by atoms with Gasteiger partial charge in [0.2, 0.25) is 0 Å². The van der Waals surface area contributed by atoms with Crippen LogP contribution in [0.5, 0.6) is 5.75 Å². The van der Waals surface area contributed by atoms with Crippen molar-refractivity contribution in [2.24, 2.45) is 0 Å². The number of nitrogens with one attached hydrogen (secondary N) is 1. The van der Waals surface area contributed by atoms with Crippen LogP contribution in [-0.4, -0.2) is 26.2 Å². The fraction of sp³-hybridized carbons (Fsp3) is 0.167. The van der Waals surface area contributed by atoms with E-state index in [0.717, 1.165) is 39.0 Å². The lowest BCUT2D eigenvalue weighted by atomic mass is 9.85. The molecular formula is C24H22Cl2N2O. The Balaban J connectivity index is 1.93. The first-order valence-electron chi connectivity index (χ1n) is 9.35. The molecule has 4 rings (SSSR count). The Kier molecular flexibility index (Phi) is 5.44. The van der Waals surface area contributed by atoms with E-state index in [1.807, 2.05) is 38.4 Å². The second-order valence-corrected chi connectivity index (χ2v) is 8.08. The lowest BCUT2D eigenvalue weighted by molar-refractivity contribution is 0.415. The van der Waals surface area contributed by atoms with E-state index in [9.17, 15) is 0 Å². The van der Waals surface area contributed by atoms with Crippen molar-refractivity contribution in [1.29, 1.82) is 0 Å². The normalized spacial score (nSPS) is 12.2. The van der Waals surface area contributed by atoms with E-state index in [0.29, 0.717) is 10.0 Å². The van der Waals surface area contributed by atoms with Crippen molar-refractivity contribution in [3.8, 4) is 5.75 Å². The van der Waals surface area contributed by atoms with E-state index in [1.165, 1.54) is 0 Å². The molecule has 4 aromatic rings. The van der Waals surface area contributed by atoms with Crippen LogP contribution in [0.1, 0.15) is 22.6 Å². The van der Waals surface area contributed by atoms with Crippen molar-refractivity contribution in [1.82, 2.24) is 4.98 Å². The van der Waals surface area contributed by atoms with Crippen LogP contribution in [0.25, 0.3) is 10.9 Å². The summed E-state index contributed by atoms with van der Waals surface area (Å²) in [6.45, 7) is 0. The van der Waals surface area contributed by atoms with Crippen LogP contribution in [-0.2, 0) is 0 Å². The van der Waals surface area contributed by atoms with Crippen molar-refractivity contribution in [3.05, 3.63) is 93.6 Å². The molecule has 148 valence electrons. The molecule has 1 N–H and O–H groups in total. The SMILES string of the molecule is COc1ccc2[nH]cc(C(c3ccc(N(C)C)cc3)c3ccc(Cl)cc3Cl)c2c1. The summed E-state index contributed by atoms with van der Waals surface area (Å²) in [6, 6.07) is 20.3. The molecule has 5 heteroatoms. The number of fused-ring (bicyclic) bond motifs is 1. The molecule has 1 aromatic heterocycles. The third kappa shape index (κ3) is 3.81. The maximum atomic E-state index is 6.65. The Hall–Kier alpha value is -2.62. The number of hydrogen-bond acceptors (Lipinski definition) is 2. The minimum atomic E-state index is -0.0446. The van der Waals surface area contributed by atoms with E-state index in [4.69, 9.17) is 27.9 Å². The summed E-state index contributed by atoms with van der Waals surface area (Å²) < 4.78 is 5.46. The third-order valence-corrected chi connectivity index (χ3v) is 5.81. The minimum absolute atomic E-state index is 0.0446. The summed E-state index contributed by atoms with van der Waals surface area (Å²) >= 11 is 12.8. The van der Waals surface area contributed by atoms with Gasteiger partial charge in [-0.1, -0.05) is 41.4 Å². The van der Waals surface area contributed by atoms with Gasteiger partial charge in [-0.25, -0.2) is 0 Å². The summed E-state index contributed by atoms with van der Waals surface area (Å²) in [5, 5.41) is 2.38. The summed E-state index contributed by atoms with van der Waals surface area (Å²) in [5.74, 6) is 0.777. The Morgan fingerprint density at radius 1 is 0.897 bits per heavy atom. The molecule has 1 unspecified atom stereocenters. The van der Waals surface area contributed by atoms with E-state index < -0.39 is 0 Å². The molecular weight excluding hydrogens is 403 g/mol. The summed E-state index contributed by atoms with van der Waals surface area (Å²) in [6.07, 6.45) is 2.06. The fourth-order valence-corrected chi connectivity index (χ4v) is 4.23. The zero-order valence-corrected chi connectivity index (χ0v) is 18.1. The van der Waals surface area contributed by atoms with Crippen LogP contribution in [0.3, 0.4) is 0 Å². The van der Waals surface area contributed by atoms with Crippen LogP contribution in [0.15, 0.2) is 66.9 Å². The predicted molar refractivity (Wildman–Crippen MR) is 123 cm³/mol. The number of H-pyrrole nitrogens is 1. The maximum absolute atomic E-state index is 6.65. The van der Waals surface area contributed by atoms with Gasteiger partial charge in [0.1, 0.15) is 5.75 Å². The van der Waals surface area contributed by atoms with Crippen LogP contribution in [0.4, 0.5) is 5.69 Å². The average Bonchev–Trinajstić information content (AvgIpc) is 3.13. The van der Waals surface area contributed by atoms with Crippen molar-refractivity contribution < 1.29 is 4.74 Å². The van der Waals surface area contributed by atoms with E-state index >= 15 is 0 Å². The number of halogens is 2. The summed E-state index contributed by atoms with van der Waals surface area (Å²) in [5.41, 5.74) is 5.51. The highest BCUT2D eigenvalue weighted by molar-refractivity contribution is 6.35. The second-order valence-electron chi connectivity index (χ2n) is 7.24. The molecule has 0 fully saturated rings. The van der Waals surface area contributed by atoms with Crippen LogP contribution >= 0.6 is 23.2 Å². The second kappa shape index (κ2) is 8.02. The Bertz CT molecular complexity index is 1150. The topological polar surface area (TPSA) is 28.3 Å². The third-order valence-electron chi connectivity index (χ3n) is 5.25. The van der Waals surface area contributed by atoms with Crippen molar-refractivity contribution >= 4 is 39.8 Å². The Morgan fingerprint density at radius 3 is 2.31 bits per heavy atom. The van der Waals surface area contributed by atoms with Gasteiger partial charge in [0.15, 0.2) is 0 Å². The molecule has 0 bridgehead atoms. The highest BCUT2D eigenvalue weighted by Crippen LogP contribution is 2.41. The molecule has 1 atom stereocenters. The Morgan fingerprint density at radius 2 is 1.66 bits per heavy atom. The van der Waals surface area contributed by atoms with Gasteiger partial charge in [-0.2, -0.15) is 0 Å². The molecule has 3 aromatic carbocycles. The first-order valence-corrected chi connectivity index (χ1v) is 10.1. The van der Waals surface area contributed by atoms with Gasteiger partial charge in [-0.15, -0.1) is 0 Å². The molecule has 29 heavy (non-hydrogen) atoms. The van der Waals surface area contributed by atoms with E-state index in [-0.39, 0.29) is 5.92 Å². The van der Waals surface area contributed by atoms with Crippen molar-refractivity contribution in [3.63, 3.8) is 0 Å². The standard InChI is InChI=1S/C24H22Cl2N2O/c1-28(2)17-7-4-15(5-8-17)24(19-10-6-16(25)12-22(19)26)21-14-27-23-11-9-18(29-3)13-20(21)23/h4-14,24,27H,1-3H3. The lowest BCUT2D eigenvalue weighted by Gasteiger charge is -2.21. The van der Waals surface area contributed by atoms with Gasteiger partial charge in [-0.05, 0) is 59.2 Å². The van der Waals surface area contributed by atoms with E-state index in [1.54, 1.807) is 13.2 Å². The molecule has 0 aliphatic rings. The van der Waals surface area contributed by atoms with Gasteiger partial charge in [0.25, 0.3) is 0 Å². The van der Waals surface area contributed by atoms with Gasteiger partial charge in [0.05, 0.1) is 7.11 Å². The van der Waals surface area contributed by atoms with E-state index in [2.05, 4.69) is 46.4 Å². The predicted octanol–water partition coefficient (Wildman–Crippen LogP) is 6.73. The Labute approximate surface area is 180 Å². The first-order chi connectivity index (χ1) is 14.0. The fourth-order valence-electron chi connectivity index (χ4n) is 3.71. The average molecular weight is 425 g/mol. The molecule has 0 spiro atoms. The molecule has 0 aliphatic heterocycles. The lowest BCUT2D eigenvalue weighted by Crippen LogP contribution is -2.09. The zero-order chi connectivity index (χ0) is 20.5. The van der Waals surface area contributed by atoms with Crippen molar-refractivity contribution in [2.75, 3.05) is 26.1 Å². The zero-order valence-electron chi connectivity index (χ0n) is 16.5. The molecule has 3 nitrogen and oxygen atoms in total. The van der Waals surface area contributed by atoms with Crippen LogP contribution in [0.2, 0.25) is 10.0 Å². The number of rotatable bonds is 5. The van der Waals surface area contributed by atoms with Gasteiger partial charge < -0.3 is 14.6 Å². The smallest absolute Gasteiger partial charge is 0.119 e. The summed E-state index contributed by atoms with van der Waals surface area (Å²) in [4.78, 5) is 5.47. The number of aromatic amines is 1. The molecule has 0 saturated carbocycles. The number of methoxy groups -OCH3 is 1. The molecule has 0 saturated heterocycles. The van der Waals surface area contributed by atoms with Gasteiger partial charge >= 0.3 is 0 Å². The molecule has 0 amide bonds. The molecule has 0 aliphatic carbocycles. The first kappa shape index (κ1) is 19.7. The van der Waals surface area contributed by atoms with Gasteiger partial charge in [-0.3, -0.25) is 0 Å². The maximum Gasteiger partial charge on any atom is 0.119 e. The van der Waals surface area contributed by atoms with Gasteiger partial charge in [0, 0.05) is 52.8 Å². The quantitative estimate of drug-likeness (QED) is 0.384. The van der Waals surface area contributed by atoms with Crippen molar-refractivity contribution in [2.45, 2.75) is 5.92 Å². The number of aromatic nitrogens is 1. The number of anilines is 1.